The zero-order valence-corrected chi connectivity index (χ0v) is 14.2. The molecular weight excluding hydrogens is 338 g/mol. The summed E-state index contributed by atoms with van der Waals surface area (Å²) in [4.78, 5) is 24.1. The molecule has 0 spiro atoms. The number of hydrogen-bond acceptors (Lipinski definition) is 2. The van der Waals surface area contributed by atoms with Crippen LogP contribution in [0.4, 0.5) is 8.78 Å². The van der Waals surface area contributed by atoms with Crippen LogP contribution >= 0.6 is 0 Å². The van der Waals surface area contributed by atoms with Crippen molar-refractivity contribution < 1.29 is 18.4 Å². The van der Waals surface area contributed by atoms with Crippen molar-refractivity contribution in [3.05, 3.63) is 70.8 Å². The summed E-state index contributed by atoms with van der Waals surface area (Å²) in [5.74, 6) is -2.51. The number of rotatable bonds is 5. The molecule has 2 aromatic carbocycles. The van der Waals surface area contributed by atoms with Crippen molar-refractivity contribution in [1.29, 1.82) is 0 Å². The fraction of sp³-hybridized carbons (Fsp3) is 0.300. The fourth-order valence-electron chi connectivity index (χ4n) is 3.23. The van der Waals surface area contributed by atoms with Gasteiger partial charge in [-0.15, -0.1) is 0 Å². The van der Waals surface area contributed by atoms with Gasteiger partial charge in [-0.05, 0) is 42.5 Å². The number of amides is 2. The van der Waals surface area contributed by atoms with Gasteiger partial charge in [0.25, 0.3) is 5.91 Å². The van der Waals surface area contributed by atoms with Crippen LogP contribution in [0.1, 0.15) is 46.8 Å². The number of fused-ring (bicyclic) bond motifs is 1. The number of hydrogen-bond donors (Lipinski definition) is 2. The third kappa shape index (κ3) is 4.25. The Hall–Kier alpha value is -2.76. The molecule has 3 rings (SSSR count). The number of carbonyl (C=O) groups excluding carboxylic acids is 2. The Morgan fingerprint density at radius 2 is 1.92 bits per heavy atom. The molecule has 2 amide bonds. The van der Waals surface area contributed by atoms with Crippen molar-refractivity contribution >= 4 is 11.8 Å². The van der Waals surface area contributed by atoms with Crippen LogP contribution < -0.4 is 10.6 Å². The van der Waals surface area contributed by atoms with Crippen LogP contribution in [-0.2, 0) is 11.2 Å². The van der Waals surface area contributed by atoms with Crippen molar-refractivity contribution in [1.82, 2.24) is 10.6 Å². The van der Waals surface area contributed by atoms with Crippen LogP contribution in [0.2, 0.25) is 0 Å². The van der Waals surface area contributed by atoms with E-state index in [2.05, 4.69) is 16.7 Å². The molecule has 4 nitrogen and oxygen atoms in total. The second-order valence-electron chi connectivity index (χ2n) is 6.34. The molecule has 26 heavy (non-hydrogen) atoms. The minimum absolute atomic E-state index is 0.0160. The predicted octanol–water partition coefficient (Wildman–Crippen LogP) is 3.28. The van der Waals surface area contributed by atoms with E-state index in [4.69, 9.17) is 0 Å². The summed E-state index contributed by atoms with van der Waals surface area (Å²) < 4.78 is 26.4. The predicted molar refractivity (Wildman–Crippen MR) is 93.6 cm³/mol. The monoisotopic (exact) mass is 358 g/mol. The third-order valence-corrected chi connectivity index (χ3v) is 4.52. The number of benzene rings is 2. The highest BCUT2D eigenvalue weighted by atomic mass is 19.1. The molecule has 2 aromatic rings. The standard InChI is InChI=1S/C20H20F2N2O2/c21-14-8-9-16(17(22)12-14)20(26)23-11-10-19(25)24-18-7-3-5-13-4-1-2-6-15(13)18/h1-2,4,6,8-9,12,18H,3,5,7,10-11H2,(H,23,26)(H,24,25). The molecule has 6 heteroatoms. The van der Waals surface area contributed by atoms with Crippen molar-refractivity contribution in [3.8, 4) is 0 Å². The Labute approximate surface area is 150 Å². The van der Waals surface area contributed by atoms with Gasteiger partial charge in [-0.1, -0.05) is 24.3 Å². The molecular formula is C20H20F2N2O2. The van der Waals surface area contributed by atoms with Gasteiger partial charge < -0.3 is 10.6 Å². The normalized spacial score (nSPS) is 15.8. The van der Waals surface area contributed by atoms with E-state index in [-0.39, 0.29) is 30.5 Å². The molecule has 1 aliphatic rings. The SMILES string of the molecule is O=C(CCNC(=O)c1ccc(F)cc1F)NC1CCCc2ccccc21. The van der Waals surface area contributed by atoms with Gasteiger partial charge in [0, 0.05) is 19.0 Å². The molecule has 0 aliphatic heterocycles. The number of nitrogens with one attached hydrogen (secondary N) is 2. The maximum absolute atomic E-state index is 13.6. The van der Waals surface area contributed by atoms with Gasteiger partial charge in [-0.25, -0.2) is 8.78 Å². The van der Waals surface area contributed by atoms with Crippen LogP contribution in [0.15, 0.2) is 42.5 Å². The van der Waals surface area contributed by atoms with Gasteiger partial charge in [0.2, 0.25) is 5.91 Å². The first kappa shape index (κ1) is 18.0. The first-order valence-electron chi connectivity index (χ1n) is 8.65. The molecule has 0 fully saturated rings. The van der Waals surface area contributed by atoms with E-state index in [1.54, 1.807) is 0 Å². The first-order chi connectivity index (χ1) is 12.5. The van der Waals surface area contributed by atoms with Crippen molar-refractivity contribution in [3.63, 3.8) is 0 Å². The lowest BCUT2D eigenvalue weighted by molar-refractivity contribution is -0.121. The highest BCUT2D eigenvalue weighted by molar-refractivity contribution is 5.94. The maximum atomic E-state index is 13.6. The molecule has 1 unspecified atom stereocenters. The minimum Gasteiger partial charge on any atom is -0.351 e. The van der Waals surface area contributed by atoms with Gasteiger partial charge in [-0.3, -0.25) is 9.59 Å². The molecule has 0 heterocycles. The van der Waals surface area contributed by atoms with Gasteiger partial charge in [-0.2, -0.15) is 0 Å². The van der Waals surface area contributed by atoms with E-state index in [1.807, 2.05) is 18.2 Å². The fourth-order valence-corrected chi connectivity index (χ4v) is 3.23. The second kappa shape index (κ2) is 8.08. The van der Waals surface area contributed by atoms with Crippen LogP contribution in [0, 0.1) is 11.6 Å². The van der Waals surface area contributed by atoms with E-state index < -0.39 is 17.5 Å². The van der Waals surface area contributed by atoms with Crippen molar-refractivity contribution in [2.75, 3.05) is 6.54 Å². The van der Waals surface area contributed by atoms with E-state index in [0.29, 0.717) is 6.07 Å². The quantitative estimate of drug-likeness (QED) is 0.862. The molecule has 0 bridgehead atoms. The average Bonchev–Trinajstić information content (AvgIpc) is 2.62. The maximum Gasteiger partial charge on any atom is 0.254 e. The Balaban J connectivity index is 1.50. The summed E-state index contributed by atoms with van der Waals surface area (Å²) in [5.41, 5.74) is 2.15. The van der Waals surface area contributed by atoms with Gasteiger partial charge in [0.15, 0.2) is 0 Å². The molecule has 0 radical (unpaired) electrons. The van der Waals surface area contributed by atoms with Crippen molar-refractivity contribution in [2.45, 2.75) is 31.7 Å². The highest BCUT2D eigenvalue weighted by Gasteiger charge is 2.21. The summed E-state index contributed by atoms with van der Waals surface area (Å²) in [6, 6.07) is 10.8. The minimum atomic E-state index is -0.925. The summed E-state index contributed by atoms with van der Waals surface area (Å²) in [7, 11) is 0. The molecule has 0 saturated heterocycles. The molecule has 0 aromatic heterocycles. The largest absolute Gasteiger partial charge is 0.351 e. The lowest BCUT2D eigenvalue weighted by Gasteiger charge is -2.26. The molecule has 0 saturated carbocycles. The number of aryl methyl sites for hydroxylation is 1. The van der Waals surface area contributed by atoms with E-state index in [1.165, 1.54) is 5.56 Å². The van der Waals surface area contributed by atoms with E-state index in [9.17, 15) is 18.4 Å². The zero-order valence-electron chi connectivity index (χ0n) is 14.2. The van der Waals surface area contributed by atoms with Gasteiger partial charge in [0.05, 0.1) is 11.6 Å². The second-order valence-corrected chi connectivity index (χ2v) is 6.34. The van der Waals surface area contributed by atoms with Crippen LogP contribution in [0.25, 0.3) is 0 Å². The Morgan fingerprint density at radius 3 is 2.73 bits per heavy atom. The van der Waals surface area contributed by atoms with Crippen LogP contribution in [-0.4, -0.2) is 18.4 Å². The third-order valence-electron chi connectivity index (χ3n) is 4.52. The Bertz CT molecular complexity index is 823. The van der Waals surface area contributed by atoms with E-state index in [0.717, 1.165) is 37.0 Å². The lowest BCUT2D eigenvalue weighted by atomic mass is 9.88. The summed E-state index contributed by atoms with van der Waals surface area (Å²) in [5, 5.41) is 5.48. The Kier molecular flexibility index (Phi) is 5.61. The van der Waals surface area contributed by atoms with Crippen molar-refractivity contribution in [2.24, 2.45) is 0 Å². The molecule has 136 valence electrons. The van der Waals surface area contributed by atoms with Gasteiger partial charge in [0.1, 0.15) is 11.6 Å². The van der Waals surface area contributed by atoms with E-state index >= 15 is 0 Å². The zero-order chi connectivity index (χ0) is 18.5. The molecule has 1 atom stereocenters. The Morgan fingerprint density at radius 1 is 1.12 bits per heavy atom. The summed E-state index contributed by atoms with van der Waals surface area (Å²) in [6.45, 7) is 0.0792. The summed E-state index contributed by atoms with van der Waals surface area (Å²) >= 11 is 0. The average molecular weight is 358 g/mol. The van der Waals surface area contributed by atoms with Crippen LogP contribution in [0.3, 0.4) is 0 Å². The molecule has 2 N–H and O–H groups in total. The number of halogens is 2. The lowest BCUT2D eigenvalue weighted by Crippen LogP contribution is -2.34. The van der Waals surface area contributed by atoms with Crippen LogP contribution in [0.5, 0.6) is 0 Å². The molecule has 1 aliphatic carbocycles. The summed E-state index contributed by atoms with van der Waals surface area (Å²) in [6.07, 6.45) is 3.01. The smallest absolute Gasteiger partial charge is 0.254 e. The topological polar surface area (TPSA) is 58.2 Å². The first-order valence-corrected chi connectivity index (χ1v) is 8.65. The highest BCUT2D eigenvalue weighted by Crippen LogP contribution is 2.29. The van der Waals surface area contributed by atoms with Gasteiger partial charge >= 0.3 is 0 Å². The number of carbonyl (C=O) groups is 2.